The van der Waals surface area contributed by atoms with Gasteiger partial charge in [-0.3, -0.25) is 4.21 Å². The first-order valence-corrected chi connectivity index (χ1v) is 10.5. The van der Waals surface area contributed by atoms with Gasteiger partial charge in [-0.2, -0.15) is 0 Å². The lowest BCUT2D eigenvalue weighted by atomic mass is 9.94. The summed E-state index contributed by atoms with van der Waals surface area (Å²) in [5.74, 6) is 1.80. The molecule has 0 radical (unpaired) electrons. The van der Waals surface area contributed by atoms with Crippen molar-refractivity contribution in [3.63, 3.8) is 0 Å². The van der Waals surface area contributed by atoms with Gasteiger partial charge in [0.2, 0.25) is 0 Å². The third-order valence-corrected chi connectivity index (χ3v) is 5.34. The van der Waals surface area contributed by atoms with Gasteiger partial charge in [-0.25, -0.2) is 0 Å². The number of rotatable bonds is 3. The highest BCUT2D eigenvalue weighted by molar-refractivity contribution is 7.85. The lowest BCUT2D eigenvalue weighted by Gasteiger charge is -2.28. The Hall–Kier alpha value is -1.61. The van der Waals surface area contributed by atoms with E-state index in [1.165, 1.54) is 17.5 Å². The number of benzene rings is 2. The minimum absolute atomic E-state index is 0.0873. The summed E-state index contributed by atoms with van der Waals surface area (Å²) in [5, 5.41) is -0.0873. The quantitative estimate of drug-likeness (QED) is 0.693. The van der Waals surface area contributed by atoms with Crippen molar-refractivity contribution in [1.29, 1.82) is 0 Å². The predicted molar refractivity (Wildman–Crippen MR) is 108 cm³/mol. The largest absolute Gasteiger partial charge is 0.480 e. The minimum atomic E-state index is -1.04. The summed E-state index contributed by atoms with van der Waals surface area (Å²) in [6, 6.07) is 14.5. The maximum absolute atomic E-state index is 12.6. The van der Waals surface area contributed by atoms with Crippen LogP contribution in [0.25, 0.3) is 0 Å². The topological polar surface area (TPSA) is 26.3 Å². The van der Waals surface area contributed by atoms with E-state index in [0.29, 0.717) is 5.92 Å². The fourth-order valence-corrected chi connectivity index (χ4v) is 4.42. The van der Waals surface area contributed by atoms with Gasteiger partial charge in [-0.1, -0.05) is 82.1 Å². The zero-order chi connectivity index (χ0) is 18.4. The smallest absolute Gasteiger partial charge is 0.164 e. The van der Waals surface area contributed by atoms with Crippen molar-refractivity contribution in [1.82, 2.24) is 0 Å². The van der Waals surface area contributed by atoms with Crippen molar-refractivity contribution >= 4 is 10.8 Å². The Morgan fingerprint density at radius 1 is 1.16 bits per heavy atom. The van der Waals surface area contributed by atoms with Crippen LogP contribution in [-0.2, 0) is 17.2 Å². The molecule has 3 heteroatoms. The normalized spacial score (nSPS) is 18.8. The Morgan fingerprint density at radius 3 is 2.40 bits per heavy atom. The van der Waals surface area contributed by atoms with Gasteiger partial charge in [0.05, 0.1) is 16.0 Å². The maximum Gasteiger partial charge on any atom is 0.164 e. The number of aryl methyl sites for hydroxylation is 1. The van der Waals surface area contributed by atoms with Gasteiger partial charge >= 0.3 is 0 Å². The van der Waals surface area contributed by atoms with E-state index in [1.807, 2.05) is 18.2 Å². The van der Waals surface area contributed by atoms with E-state index in [2.05, 4.69) is 58.9 Å². The molecule has 0 amide bonds. The number of fused-ring (bicyclic) bond motifs is 1. The lowest BCUT2D eigenvalue weighted by Crippen LogP contribution is -2.23. The Balaban J connectivity index is 0.000000701. The van der Waals surface area contributed by atoms with Crippen molar-refractivity contribution in [2.24, 2.45) is 5.92 Å². The molecule has 2 unspecified atom stereocenters. The van der Waals surface area contributed by atoms with Crippen LogP contribution in [-0.4, -0.2) is 10.1 Å². The summed E-state index contributed by atoms with van der Waals surface area (Å²) in [4.78, 5) is 0. The molecule has 3 rings (SSSR count). The van der Waals surface area contributed by atoms with Crippen LogP contribution in [0, 0.1) is 12.8 Å². The molecule has 2 atom stereocenters. The molecule has 0 saturated carbocycles. The molecule has 2 aromatic rings. The first kappa shape index (κ1) is 19.7. The van der Waals surface area contributed by atoms with Crippen LogP contribution < -0.4 is 4.74 Å². The van der Waals surface area contributed by atoms with Crippen LogP contribution in [0.15, 0.2) is 42.5 Å². The predicted octanol–water partition coefficient (Wildman–Crippen LogP) is 5.80. The molecule has 0 bridgehead atoms. The molecule has 1 heterocycles. The van der Waals surface area contributed by atoms with Gasteiger partial charge in [0, 0.05) is 5.56 Å². The number of hydrogen-bond acceptors (Lipinski definition) is 2. The molecule has 2 nitrogen and oxygen atoms in total. The van der Waals surface area contributed by atoms with Gasteiger partial charge in [0.1, 0.15) is 5.75 Å². The van der Waals surface area contributed by atoms with Crippen LogP contribution in [0.3, 0.4) is 0 Å². The fraction of sp³-hybridized carbons (Fsp3) is 0.455. The molecule has 25 heavy (non-hydrogen) atoms. The molecule has 0 N–H and O–H groups in total. The molecule has 1 aliphatic heterocycles. The Kier molecular flexibility index (Phi) is 7.24. The van der Waals surface area contributed by atoms with Gasteiger partial charge in [0.25, 0.3) is 0 Å². The summed E-state index contributed by atoms with van der Waals surface area (Å²) >= 11 is 0. The van der Waals surface area contributed by atoms with Crippen molar-refractivity contribution < 1.29 is 8.95 Å². The Bertz CT molecular complexity index is 707. The summed E-state index contributed by atoms with van der Waals surface area (Å²) in [6.45, 7) is 10.8. The first-order chi connectivity index (χ1) is 12.0. The lowest BCUT2D eigenvalue weighted by molar-refractivity contribution is 0.366. The SMILES string of the molecule is CCC.Cc1cc(CC(C)C)c2c(c1)C(c1ccccc1)S(=O)CO2. The van der Waals surface area contributed by atoms with Crippen molar-refractivity contribution in [2.75, 3.05) is 5.94 Å². The molecule has 0 fully saturated rings. The zero-order valence-corrected chi connectivity index (χ0v) is 16.9. The second-order valence-electron chi connectivity index (χ2n) is 7.08. The van der Waals surface area contributed by atoms with Crippen LogP contribution in [0.1, 0.15) is 61.6 Å². The molecule has 0 saturated heterocycles. The highest BCUT2D eigenvalue weighted by atomic mass is 32.2. The van der Waals surface area contributed by atoms with E-state index in [4.69, 9.17) is 4.74 Å². The van der Waals surface area contributed by atoms with Gasteiger partial charge < -0.3 is 4.74 Å². The summed E-state index contributed by atoms with van der Waals surface area (Å²) in [5.41, 5.74) is 4.62. The maximum atomic E-state index is 12.6. The van der Waals surface area contributed by atoms with Crippen LogP contribution >= 0.6 is 0 Å². The standard InChI is InChI=1S/C19H22O2S.C3H8/c1-13(2)9-16-10-14(3)11-17-18(16)21-12-22(20)19(17)15-7-5-4-6-8-15;1-3-2/h4-8,10-11,13,19H,9,12H2,1-3H3;3H2,1-2H3. The molecule has 136 valence electrons. The Morgan fingerprint density at radius 2 is 1.80 bits per heavy atom. The average Bonchev–Trinajstić information content (AvgIpc) is 2.55. The van der Waals surface area contributed by atoms with Gasteiger partial charge in [-0.05, 0) is 30.4 Å². The third kappa shape index (κ3) is 4.94. The van der Waals surface area contributed by atoms with E-state index in [0.717, 1.165) is 23.3 Å². The van der Waals surface area contributed by atoms with Crippen molar-refractivity contribution in [2.45, 2.75) is 52.7 Å². The zero-order valence-electron chi connectivity index (χ0n) is 16.0. The minimum Gasteiger partial charge on any atom is -0.480 e. The average molecular weight is 359 g/mol. The van der Waals surface area contributed by atoms with E-state index < -0.39 is 10.8 Å². The Labute approximate surface area is 155 Å². The number of ether oxygens (including phenoxy) is 1. The first-order valence-electron chi connectivity index (χ1n) is 9.16. The summed E-state index contributed by atoms with van der Waals surface area (Å²) < 4.78 is 18.5. The molecule has 2 aromatic carbocycles. The fourth-order valence-electron chi connectivity index (χ4n) is 3.13. The van der Waals surface area contributed by atoms with Crippen molar-refractivity contribution in [3.8, 4) is 5.75 Å². The second-order valence-corrected chi connectivity index (χ2v) is 8.55. The second kappa shape index (κ2) is 9.19. The van der Waals surface area contributed by atoms with Gasteiger partial charge in [-0.15, -0.1) is 0 Å². The molecule has 1 aliphatic rings. The molecule has 0 aliphatic carbocycles. The molecule has 0 spiro atoms. The summed E-state index contributed by atoms with van der Waals surface area (Å²) in [6.07, 6.45) is 2.23. The van der Waals surface area contributed by atoms with E-state index >= 15 is 0 Å². The van der Waals surface area contributed by atoms with Crippen molar-refractivity contribution in [3.05, 3.63) is 64.7 Å². The molecule has 0 aromatic heterocycles. The van der Waals surface area contributed by atoms with E-state index in [9.17, 15) is 4.21 Å². The van der Waals surface area contributed by atoms with Crippen LogP contribution in [0.5, 0.6) is 5.75 Å². The molecular weight excluding hydrogens is 328 g/mol. The highest BCUT2D eigenvalue weighted by Crippen LogP contribution is 2.41. The highest BCUT2D eigenvalue weighted by Gasteiger charge is 2.31. The van der Waals surface area contributed by atoms with Crippen LogP contribution in [0.2, 0.25) is 0 Å². The third-order valence-electron chi connectivity index (χ3n) is 3.93. The van der Waals surface area contributed by atoms with E-state index in [1.54, 1.807) is 0 Å². The van der Waals surface area contributed by atoms with Crippen LogP contribution in [0.4, 0.5) is 0 Å². The number of hydrogen-bond donors (Lipinski definition) is 0. The van der Waals surface area contributed by atoms with E-state index in [-0.39, 0.29) is 11.2 Å². The summed E-state index contributed by atoms with van der Waals surface area (Å²) in [7, 11) is -1.04. The van der Waals surface area contributed by atoms with Gasteiger partial charge in [0.15, 0.2) is 5.94 Å². The molecular formula is C22H30O2S. The monoisotopic (exact) mass is 358 g/mol.